The number of rotatable bonds is 4. The first-order valence-electron chi connectivity index (χ1n) is 8.22. The molecular weight excluding hydrogens is 336 g/mol. The molecule has 0 fully saturated rings. The van der Waals surface area contributed by atoms with Gasteiger partial charge in [0.05, 0.1) is 16.9 Å². The number of carbonyl (C=O) groups is 2. The molecule has 0 heterocycles. The van der Waals surface area contributed by atoms with Crippen LogP contribution in [0.5, 0.6) is 0 Å². The number of thioether (sulfide) groups is 1. The smallest absolute Gasteiger partial charge is 0.184 e. The fourth-order valence-electron chi connectivity index (χ4n) is 3.17. The highest BCUT2D eigenvalue weighted by Crippen LogP contribution is 2.40. The minimum Gasteiger partial charge on any atom is -0.411 e. The Morgan fingerprint density at radius 3 is 2.50 bits per heavy atom. The number of hydrogen-bond acceptors (Lipinski definition) is 4. The summed E-state index contributed by atoms with van der Waals surface area (Å²) in [4.78, 5) is 27.1. The van der Waals surface area contributed by atoms with Crippen LogP contribution in [-0.4, -0.2) is 26.0 Å². The zero-order valence-corrected chi connectivity index (χ0v) is 16.0. The molecule has 0 aromatic heterocycles. The molecule has 3 unspecified atom stereocenters. The van der Waals surface area contributed by atoms with Gasteiger partial charge in [0.15, 0.2) is 19.9 Å². The fourth-order valence-corrected chi connectivity index (χ4v) is 5.17. The van der Waals surface area contributed by atoms with Crippen LogP contribution in [0.1, 0.15) is 6.42 Å². The van der Waals surface area contributed by atoms with E-state index in [4.69, 9.17) is 4.43 Å². The van der Waals surface area contributed by atoms with Gasteiger partial charge in [-0.2, -0.15) is 0 Å². The Balaban J connectivity index is 1.88. The van der Waals surface area contributed by atoms with Gasteiger partial charge in [-0.25, -0.2) is 0 Å². The standard InChI is InChI=1S/C19H22O3SSi/c1-24(2,3)22-16-11-7-10-14-15(20)12-17(19(21)18(14)16)23-13-8-5-4-6-9-13/h4-9,11-12,14,16,18H,10H2,1-3H3. The zero-order chi connectivity index (χ0) is 17.3. The summed E-state index contributed by atoms with van der Waals surface area (Å²) in [5, 5.41) is 0. The van der Waals surface area contributed by atoms with Crippen LogP contribution in [0.25, 0.3) is 0 Å². The van der Waals surface area contributed by atoms with Crippen LogP contribution in [0.2, 0.25) is 19.6 Å². The number of Topliss-reactive ketones (excluding diaryl/α,β-unsaturated/α-hetero) is 1. The van der Waals surface area contributed by atoms with Crippen LogP contribution >= 0.6 is 11.8 Å². The minimum atomic E-state index is -1.81. The van der Waals surface area contributed by atoms with Crippen molar-refractivity contribution in [3.05, 3.63) is 53.5 Å². The van der Waals surface area contributed by atoms with Crippen molar-refractivity contribution in [2.45, 2.75) is 37.1 Å². The molecule has 0 spiro atoms. The first kappa shape index (κ1) is 17.4. The fraction of sp³-hybridized carbons (Fsp3) is 0.368. The van der Waals surface area contributed by atoms with E-state index in [1.165, 1.54) is 17.8 Å². The molecule has 3 rings (SSSR count). The Morgan fingerprint density at radius 2 is 1.83 bits per heavy atom. The Bertz CT molecular complexity index is 703. The van der Waals surface area contributed by atoms with Gasteiger partial charge in [0.25, 0.3) is 0 Å². The van der Waals surface area contributed by atoms with Crippen LogP contribution in [0.15, 0.2) is 58.4 Å². The van der Waals surface area contributed by atoms with Crippen LogP contribution in [0.3, 0.4) is 0 Å². The highest BCUT2D eigenvalue weighted by Gasteiger charge is 2.45. The Labute approximate surface area is 148 Å². The third-order valence-electron chi connectivity index (χ3n) is 4.15. The average molecular weight is 359 g/mol. The van der Waals surface area contributed by atoms with Gasteiger partial charge in [0.1, 0.15) is 0 Å². The molecule has 0 saturated carbocycles. The quantitative estimate of drug-likeness (QED) is 0.597. The van der Waals surface area contributed by atoms with Gasteiger partial charge < -0.3 is 4.43 Å². The molecule has 0 radical (unpaired) electrons. The number of carbonyl (C=O) groups excluding carboxylic acids is 2. The molecule has 3 nitrogen and oxygen atoms in total. The second-order valence-corrected chi connectivity index (χ2v) is 12.8. The molecule has 1 aromatic rings. The molecule has 2 aliphatic carbocycles. The molecular formula is C19H22O3SSi. The number of fused-ring (bicyclic) bond motifs is 1. The summed E-state index contributed by atoms with van der Waals surface area (Å²) in [5.41, 5.74) is 0. The lowest BCUT2D eigenvalue weighted by molar-refractivity contribution is -0.132. The molecule has 126 valence electrons. The van der Waals surface area contributed by atoms with Crippen molar-refractivity contribution in [2.24, 2.45) is 11.8 Å². The second-order valence-electron chi connectivity index (χ2n) is 7.18. The SMILES string of the molecule is C[Si](C)(C)OC1C=CCC2C(=O)C=C(Sc3ccccc3)C(=O)C12. The van der Waals surface area contributed by atoms with Crippen molar-refractivity contribution in [2.75, 3.05) is 0 Å². The molecule has 5 heteroatoms. The monoisotopic (exact) mass is 358 g/mol. The van der Waals surface area contributed by atoms with Gasteiger partial charge in [-0.3, -0.25) is 9.59 Å². The van der Waals surface area contributed by atoms with E-state index < -0.39 is 8.32 Å². The summed E-state index contributed by atoms with van der Waals surface area (Å²) in [6, 6.07) is 9.70. The molecule has 2 aliphatic rings. The third kappa shape index (κ3) is 3.79. The van der Waals surface area contributed by atoms with E-state index in [2.05, 4.69) is 19.6 Å². The van der Waals surface area contributed by atoms with Crippen molar-refractivity contribution in [1.29, 1.82) is 0 Å². The van der Waals surface area contributed by atoms with Crippen LogP contribution in [0, 0.1) is 11.8 Å². The Morgan fingerprint density at radius 1 is 1.12 bits per heavy atom. The minimum absolute atomic E-state index is 0.0426. The van der Waals surface area contributed by atoms with E-state index in [-0.39, 0.29) is 29.5 Å². The number of benzene rings is 1. The first-order chi connectivity index (χ1) is 11.3. The highest BCUT2D eigenvalue weighted by atomic mass is 32.2. The molecule has 0 amide bonds. The summed E-state index contributed by atoms with van der Waals surface area (Å²) in [7, 11) is -1.81. The van der Waals surface area contributed by atoms with Crippen molar-refractivity contribution in [1.82, 2.24) is 0 Å². The Kier molecular flexibility index (Phi) is 4.94. The van der Waals surface area contributed by atoms with Gasteiger partial charge in [0, 0.05) is 10.8 Å². The van der Waals surface area contributed by atoms with Crippen molar-refractivity contribution in [3.63, 3.8) is 0 Å². The maximum absolute atomic E-state index is 13.1. The maximum Gasteiger partial charge on any atom is 0.184 e. The van der Waals surface area contributed by atoms with E-state index in [9.17, 15) is 9.59 Å². The van der Waals surface area contributed by atoms with Crippen molar-refractivity contribution in [3.8, 4) is 0 Å². The van der Waals surface area contributed by atoms with E-state index in [1.807, 2.05) is 42.5 Å². The van der Waals surface area contributed by atoms with Crippen LogP contribution in [0.4, 0.5) is 0 Å². The molecule has 0 saturated heterocycles. The lowest BCUT2D eigenvalue weighted by Gasteiger charge is -2.38. The number of hydrogen-bond donors (Lipinski definition) is 0. The maximum atomic E-state index is 13.1. The molecule has 3 atom stereocenters. The van der Waals surface area contributed by atoms with Crippen LogP contribution in [-0.2, 0) is 14.0 Å². The zero-order valence-electron chi connectivity index (χ0n) is 14.2. The number of ketones is 2. The third-order valence-corrected chi connectivity index (χ3v) is 6.17. The Hall–Kier alpha value is -1.43. The lowest BCUT2D eigenvalue weighted by atomic mass is 9.73. The predicted octanol–water partition coefficient (Wildman–Crippen LogP) is 4.23. The van der Waals surface area contributed by atoms with Crippen molar-refractivity contribution >= 4 is 31.6 Å². The van der Waals surface area contributed by atoms with Gasteiger partial charge in [-0.15, -0.1) is 0 Å². The van der Waals surface area contributed by atoms with E-state index >= 15 is 0 Å². The second kappa shape index (κ2) is 6.82. The number of allylic oxidation sites excluding steroid dienone is 3. The van der Waals surface area contributed by atoms with Crippen molar-refractivity contribution < 1.29 is 14.0 Å². The topological polar surface area (TPSA) is 43.4 Å². The van der Waals surface area contributed by atoms with Gasteiger partial charge >= 0.3 is 0 Å². The lowest BCUT2D eigenvalue weighted by Crippen LogP contribution is -2.47. The molecule has 0 aliphatic heterocycles. The molecule has 24 heavy (non-hydrogen) atoms. The highest BCUT2D eigenvalue weighted by molar-refractivity contribution is 8.04. The largest absolute Gasteiger partial charge is 0.411 e. The molecule has 1 aromatic carbocycles. The van der Waals surface area contributed by atoms with Crippen LogP contribution < -0.4 is 0 Å². The van der Waals surface area contributed by atoms with E-state index in [0.29, 0.717) is 11.3 Å². The summed E-state index contributed by atoms with van der Waals surface area (Å²) in [5.74, 6) is -0.568. The van der Waals surface area contributed by atoms with Gasteiger partial charge in [-0.05, 0) is 44.3 Å². The summed E-state index contributed by atoms with van der Waals surface area (Å²) in [6.07, 6.45) is 5.83. The average Bonchev–Trinajstić information content (AvgIpc) is 2.52. The normalized spacial score (nSPS) is 27.0. The van der Waals surface area contributed by atoms with Gasteiger partial charge in [-0.1, -0.05) is 42.1 Å². The predicted molar refractivity (Wildman–Crippen MR) is 99.4 cm³/mol. The summed E-state index contributed by atoms with van der Waals surface area (Å²) >= 11 is 1.37. The van der Waals surface area contributed by atoms with E-state index in [1.54, 1.807) is 0 Å². The summed E-state index contributed by atoms with van der Waals surface area (Å²) in [6.45, 7) is 6.32. The first-order valence-corrected chi connectivity index (χ1v) is 12.4. The molecule has 0 N–H and O–H groups in total. The van der Waals surface area contributed by atoms with E-state index in [0.717, 1.165) is 4.90 Å². The van der Waals surface area contributed by atoms with Gasteiger partial charge in [0.2, 0.25) is 0 Å². The summed E-state index contributed by atoms with van der Waals surface area (Å²) < 4.78 is 6.21. The molecule has 0 bridgehead atoms.